The summed E-state index contributed by atoms with van der Waals surface area (Å²) in [7, 11) is 0. The topological polar surface area (TPSA) is 64.7 Å². The van der Waals surface area contributed by atoms with Crippen molar-refractivity contribution in [3.05, 3.63) is 75.7 Å². The number of nitrogens with one attached hydrogen (secondary N) is 1. The van der Waals surface area contributed by atoms with Crippen molar-refractivity contribution in [3.63, 3.8) is 0 Å². The second-order valence-corrected chi connectivity index (χ2v) is 8.05. The summed E-state index contributed by atoms with van der Waals surface area (Å²) >= 11 is 6.02. The van der Waals surface area contributed by atoms with Gasteiger partial charge in [-0.1, -0.05) is 23.7 Å². The van der Waals surface area contributed by atoms with Crippen LogP contribution in [0.1, 0.15) is 28.2 Å². The number of aryl methyl sites for hydroxylation is 4. The Kier molecular flexibility index (Phi) is 5.35. The van der Waals surface area contributed by atoms with Gasteiger partial charge in [-0.25, -0.2) is 9.67 Å². The molecule has 0 unspecified atom stereocenters. The molecule has 4 rings (SSSR count). The van der Waals surface area contributed by atoms with Crippen LogP contribution in [-0.4, -0.2) is 25.2 Å². The normalized spacial score (nSPS) is 11.2. The van der Waals surface area contributed by atoms with E-state index < -0.39 is 0 Å². The van der Waals surface area contributed by atoms with E-state index in [2.05, 4.69) is 28.9 Å². The maximum atomic E-state index is 12.7. The second-order valence-electron chi connectivity index (χ2n) is 7.62. The molecule has 6 nitrogen and oxygen atoms in total. The minimum atomic E-state index is -0.132. The van der Waals surface area contributed by atoms with Gasteiger partial charge in [0.05, 0.1) is 5.39 Å². The van der Waals surface area contributed by atoms with Gasteiger partial charge in [0, 0.05) is 28.6 Å². The van der Waals surface area contributed by atoms with Crippen molar-refractivity contribution in [1.29, 1.82) is 0 Å². The molecule has 154 valence electrons. The monoisotopic (exact) mass is 421 g/mol. The van der Waals surface area contributed by atoms with Crippen LogP contribution < -0.4 is 5.32 Å². The van der Waals surface area contributed by atoms with Gasteiger partial charge < -0.3 is 9.88 Å². The van der Waals surface area contributed by atoms with Gasteiger partial charge in [0.1, 0.15) is 6.54 Å². The summed E-state index contributed by atoms with van der Waals surface area (Å²) in [5.41, 5.74) is 5.82. The Bertz CT molecular complexity index is 1230. The van der Waals surface area contributed by atoms with Gasteiger partial charge in [-0.05, 0) is 69.2 Å². The van der Waals surface area contributed by atoms with E-state index >= 15 is 0 Å². The van der Waals surface area contributed by atoms with Crippen LogP contribution in [0.25, 0.3) is 16.9 Å². The number of carbonyl (C=O) groups excluding carboxylic acids is 1. The average molecular weight is 422 g/mol. The van der Waals surface area contributed by atoms with Crippen LogP contribution in [0.15, 0.2) is 42.5 Å². The number of halogens is 1. The fraction of sp³-hybridized carbons (Fsp3) is 0.261. The number of rotatable bonds is 5. The molecule has 1 N–H and O–H groups in total. The lowest BCUT2D eigenvalue weighted by Crippen LogP contribution is -2.27. The number of amides is 1. The van der Waals surface area contributed by atoms with Gasteiger partial charge >= 0.3 is 0 Å². The minimum absolute atomic E-state index is 0.0896. The van der Waals surface area contributed by atoms with Crippen LogP contribution in [-0.2, 0) is 17.9 Å². The molecule has 3 aromatic heterocycles. The molecule has 3 heterocycles. The van der Waals surface area contributed by atoms with E-state index in [9.17, 15) is 4.79 Å². The molecule has 0 radical (unpaired) electrons. The van der Waals surface area contributed by atoms with Crippen molar-refractivity contribution in [2.24, 2.45) is 0 Å². The number of nitrogens with zero attached hydrogens (tertiary/aromatic N) is 4. The minimum Gasteiger partial charge on any atom is -0.350 e. The Morgan fingerprint density at radius 2 is 1.80 bits per heavy atom. The highest BCUT2D eigenvalue weighted by molar-refractivity contribution is 6.30. The molecule has 0 aliphatic carbocycles. The van der Waals surface area contributed by atoms with Gasteiger partial charge in [0.2, 0.25) is 5.91 Å². The van der Waals surface area contributed by atoms with Crippen molar-refractivity contribution >= 4 is 28.5 Å². The zero-order valence-electron chi connectivity index (χ0n) is 17.5. The summed E-state index contributed by atoms with van der Waals surface area (Å²) in [6.45, 7) is 8.60. The summed E-state index contributed by atoms with van der Waals surface area (Å²) < 4.78 is 3.80. The number of fused-ring (bicyclic) bond motifs is 1. The fourth-order valence-corrected chi connectivity index (χ4v) is 4.01. The molecule has 7 heteroatoms. The quantitative estimate of drug-likeness (QED) is 0.518. The lowest BCUT2D eigenvalue weighted by molar-refractivity contribution is -0.121. The van der Waals surface area contributed by atoms with Gasteiger partial charge in [-0.3, -0.25) is 4.79 Å². The molecule has 0 aliphatic heterocycles. The highest BCUT2D eigenvalue weighted by Crippen LogP contribution is 2.27. The Labute approximate surface area is 180 Å². The van der Waals surface area contributed by atoms with Gasteiger partial charge in [0.25, 0.3) is 0 Å². The van der Waals surface area contributed by atoms with E-state index in [1.165, 1.54) is 0 Å². The van der Waals surface area contributed by atoms with Gasteiger partial charge in [-0.15, -0.1) is 0 Å². The van der Waals surface area contributed by atoms with E-state index in [0.29, 0.717) is 17.2 Å². The van der Waals surface area contributed by atoms with Crippen LogP contribution in [0.4, 0.5) is 0 Å². The van der Waals surface area contributed by atoms with Crippen LogP contribution >= 0.6 is 11.6 Å². The highest BCUT2D eigenvalue weighted by atomic mass is 35.5. The van der Waals surface area contributed by atoms with Crippen molar-refractivity contribution < 1.29 is 4.79 Å². The molecule has 4 aromatic rings. The molecule has 0 aliphatic rings. The van der Waals surface area contributed by atoms with Gasteiger partial charge in [-0.2, -0.15) is 5.10 Å². The third kappa shape index (κ3) is 3.83. The van der Waals surface area contributed by atoms with E-state index in [1.54, 1.807) is 4.68 Å². The second kappa shape index (κ2) is 7.95. The Balaban J connectivity index is 1.68. The van der Waals surface area contributed by atoms with E-state index in [4.69, 9.17) is 21.7 Å². The largest absolute Gasteiger partial charge is 0.350 e. The highest BCUT2D eigenvalue weighted by Gasteiger charge is 2.19. The SMILES string of the molecule is Cc1cc(C)c2c(-n3c(C)ccc3C)nn(CC(=O)NCc3cccc(Cl)c3)c2n1. The zero-order valence-corrected chi connectivity index (χ0v) is 18.3. The molecule has 0 spiro atoms. The molecular weight excluding hydrogens is 398 g/mol. The molecule has 0 saturated carbocycles. The fourth-order valence-electron chi connectivity index (χ4n) is 3.80. The van der Waals surface area contributed by atoms with Crippen molar-refractivity contribution in [2.75, 3.05) is 0 Å². The number of hydrogen-bond acceptors (Lipinski definition) is 3. The lowest BCUT2D eigenvalue weighted by Gasteiger charge is -2.07. The van der Waals surface area contributed by atoms with E-state index in [0.717, 1.165) is 39.4 Å². The van der Waals surface area contributed by atoms with Crippen molar-refractivity contribution in [2.45, 2.75) is 40.8 Å². The third-order valence-electron chi connectivity index (χ3n) is 5.16. The average Bonchev–Trinajstić information content (AvgIpc) is 3.19. The predicted molar refractivity (Wildman–Crippen MR) is 119 cm³/mol. The van der Waals surface area contributed by atoms with E-state index in [1.807, 2.05) is 51.1 Å². The van der Waals surface area contributed by atoms with Crippen LogP contribution in [0, 0.1) is 27.7 Å². The molecular formula is C23H24ClN5O. The van der Waals surface area contributed by atoms with Crippen molar-refractivity contribution in [3.8, 4) is 5.82 Å². The molecule has 30 heavy (non-hydrogen) atoms. The summed E-state index contributed by atoms with van der Waals surface area (Å²) in [6.07, 6.45) is 0. The first-order valence-electron chi connectivity index (χ1n) is 9.84. The Morgan fingerprint density at radius 3 is 2.50 bits per heavy atom. The maximum absolute atomic E-state index is 12.7. The smallest absolute Gasteiger partial charge is 0.242 e. The Morgan fingerprint density at radius 1 is 1.07 bits per heavy atom. The number of aromatic nitrogens is 4. The summed E-state index contributed by atoms with van der Waals surface area (Å²) in [5.74, 6) is 0.672. The number of pyridine rings is 1. The molecule has 0 fully saturated rings. The van der Waals surface area contributed by atoms with Crippen LogP contribution in [0.3, 0.4) is 0 Å². The number of carbonyl (C=O) groups is 1. The maximum Gasteiger partial charge on any atom is 0.242 e. The zero-order chi connectivity index (χ0) is 21.4. The molecule has 0 saturated heterocycles. The van der Waals surface area contributed by atoms with Gasteiger partial charge in [0.15, 0.2) is 11.5 Å². The first-order chi connectivity index (χ1) is 14.3. The molecule has 0 atom stereocenters. The summed E-state index contributed by atoms with van der Waals surface area (Å²) in [6, 6.07) is 13.6. The number of hydrogen-bond donors (Lipinski definition) is 1. The standard InChI is InChI=1S/C23H24ClN5O/c1-14-10-15(2)26-22-21(14)23(29-16(3)8-9-17(29)4)27-28(22)13-20(30)25-12-18-6-5-7-19(24)11-18/h5-11H,12-13H2,1-4H3,(H,25,30). The predicted octanol–water partition coefficient (Wildman–Crippen LogP) is 4.43. The first kappa shape index (κ1) is 20.2. The molecule has 0 bridgehead atoms. The Hall–Kier alpha value is -3.12. The van der Waals surface area contributed by atoms with Crippen LogP contribution in [0.5, 0.6) is 0 Å². The first-order valence-corrected chi connectivity index (χ1v) is 10.2. The number of benzene rings is 1. The summed E-state index contributed by atoms with van der Waals surface area (Å²) in [4.78, 5) is 17.4. The molecule has 1 aromatic carbocycles. The van der Waals surface area contributed by atoms with Crippen LogP contribution in [0.2, 0.25) is 5.02 Å². The molecule has 1 amide bonds. The lowest BCUT2D eigenvalue weighted by atomic mass is 10.1. The third-order valence-corrected chi connectivity index (χ3v) is 5.40. The summed E-state index contributed by atoms with van der Waals surface area (Å²) in [5, 5.41) is 9.36. The van der Waals surface area contributed by atoms with Crippen molar-refractivity contribution in [1.82, 2.24) is 24.6 Å². The van der Waals surface area contributed by atoms with E-state index in [-0.39, 0.29) is 12.5 Å².